The van der Waals surface area contributed by atoms with Gasteiger partial charge >= 0.3 is 6.09 Å². The van der Waals surface area contributed by atoms with Crippen LogP contribution in [0.15, 0.2) is 43.0 Å². The number of pyridine rings is 2. The molecule has 0 unspecified atom stereocenters. The third-order valence-electron chi connectivity index (χ3n) is 4.54. The molecule has 4 aromatic heterocycles. The lowest BCUT2D eigenvalue weighted by Gasteiger charge is -1.98. The average Bonchev–Trinajstić information content (AvgIpc) is 3.25. The average molecular weight is 348 g/mol. The number of nitrogens with two attached hydrogens (primary N) is 1. The summed E-state index contributed by atoms with van der Waals surface area (Å²) in [5.74, 6) is 0.864. The summed E-state index contributed by atoms with van der Waals surface area (Å²) in [5, 5.41) is 5.13. The van der Waals surface area contributed by atoms with Crippen LogP contribution in [-0.2, 0) is 6.54 Å². The maximum atomic E-state index is 11.0. The first kappa shape index (κ1) is 14.9. The number of nitrogens with zero attached hydrogens (tertiary/aromatic N) is 5. The summed E-state index contributed by atoms with van der Waals surface area (Å²) < 4.78 is 8.75. The number of carbonyl (C=O) groups is 1. The predicted molar refractivity (Wildman–Crippen MR) is 94.0 cm³/mol. The van der Waals surface area contributed by atoms with E-state index in [0.29, 0.717) is 23.4 Å². The molecule has 1 amide bonds. The van der Waals surface area contributed by atoms with Gasteiger partial charge in [-0.05, 0) is 36.5 Å². The summed E-state index contributed by atoms with van der Waals surface area (Å²) in [5.41, 5.74) is 8.95. The van der Waals surface area contributed by atoms with Gasteiger partial charge in [0.05, 0.1) is 23.1 Å². The second-order valence-electron chi connectivity index (χ2n) is 6.53. The molecule has 4 aromatic rings. The fourth-order valence-electron chi connectivity index (χ4n) is 3.19. The van der Waals surface area contributed by atoms with Crippen molar-refractivity contribution in [2.45, 2.75) is 25.3 Å². The molecule has 4 heterocycles. The molecule has 1 aliphatic rings. The number of carbonyl (C=O) groups excluding carboxylic acids is 1. The summed E-state index contributed by atoms with van der Waals surface area (Å²) in [7, 11) is 0. The third kappa shape index (κ3) is 2.65. The maximum Gasteiger partial charge on any atom is 0.411 e. The number of fused-ring (bicyclic) bond motifs is 2. The first-order valence-electron chi connectivity index (χ1n) is 8.43. The molecule has 1 fully saturated rings. The minimum absolute atomic E-state index is 0.158. The van der Waals surface area contributed by atoms with Crippen molar-refractivity contribution in [3.8, 4) is 5.88 Å². The highest BCUT2D eigenvalue weighted by molar-refractivity contribution is 5.85. The Bertz CT molecular complexity index is 1140. The molecule has 1 aliphatic carbocycles. The lowest BCUT2D eigenvalue weighted by molar-refractivity contribution is 0.209. The van der Waals surface area contributed by atoms with Crippen molar-refractivity contribution in [2.24, 2.45) is 5.73 Å². The van der Waals surface area contributed by atoms with Crippen LogP contribution in [0.3, 0.4) is 0 Å². The van der Waals surface area contributed by atoms with Gasteiger partial charge in [-0.2, -0.15) is 5.10 Å². The van der Waals surface area contributed by atoms with E-state index < -0.39 is 6.09 Å². The van der Waals surface area contributed by atoms with Crippen molar-refractivity contribution in [2.75, 3.05) is 0 Å². The number of amides is 1. The van der Waals surface area contributed by atoms with Crippen molar-refractivity contribution in [3.63, 3.8) is 0 Å². The van der Waals surface area contributed by atoms with Crippen LogP contribution in [0.5, 0.6) is 5.88 Å². The van der Waals surface area contributed by atoms with Gasteiger partial charge in [0, 0.05) is 24.8 Å². The van der Waals surface area contributed by atoms with Crippen molar-refractivity contribution in [1.29, 1.82) is 0 Å². The lowest BCUT2D eigenvalue weighted by Crippen LogP contribution is -2.16. The van der Waals surface area contributed by atoms with Crippen LogP contribution in [0.1, 0.15) is 30.0 Å². The fraction of sp³-hybridized carbons (Fsp3) is 0.222. The van der Waals surface area contributed by atoms with Gasteiger partial charge in [0.2, 0.25) is 5.88 Å². The Kier molecular flexibility index (Phi) is 3.18. The summed E-state index contributed by atoms with van der Waals surface area (Å²) in [6.45, 7) is 0.505. The van der Waals surface area contributed by atoms with Gasteiger partial charge in [0.25, 0.3) is 0 Å². The molecule has 5 rings (SSSR count). The Balaban J connectivity index is 1.47. The summed E-state index contributed by atoms with van der Waals surface area (Å²) in [6.07, 6.45) is 9.14. The van der Waals surface area contributed by atoms with Crippen LogP contribution >= 0.6 is 0 Å². The standard InChI is InChI=1S/C18H16N6O2/c19-18(25)26-17-14-10-24(22-15(14)5-6-20-17)9-13-8-23-7-12(11-1-2-11)3-4-16(23)21-13/h3-8,10-11H,1-2,9H2,(H2,19,25). The molecule has 0 saturated heterocycles. The Morgan fingerprint density at radius 1 is 1.23 bits per heavy atom. The van der Waals surface area contributed by atoms with Crippen LogP contribution in [-0.4, -0.2) is 30.2 Å². The highest BCUT2D eigenvalue weighted by Gasteiger charge is 2.23. The number of imidazole rings is 1. The molecule has 0 atom stereocenters. The summed E-state index contributed by atoms with van der Waals surface area (Å²) in [6, 6.07) is 5.97. The molecule has 8 nitrogen and oxygen atoms in total. The summed E-state index contributed by atoms with van der Waals surface area (Å²) in [4.78, 5) is 19.7. The van der Waals surface area contributed by atoms with E-state index in [0.717, 1.165) is 11.3 Å². The topological polar surface area (TPSA) is 100 Å². The van der Waals surface area contributed by atoms with Crippen LogP contribution < -0.4 is 10.5 Å². The Hall–Kier alpha value is -3.42. The lowest BCUT2D eigenvalue weighted by atomic mass is 10.2. The van der Waals surface area contributed by atoms with Crippen LogP contribution in [0.2, 0.25) is 0 Å². The number of primary amides is 1. The summed E-state index contributed by atoms with van der Waals surface area (Å²) >= 11 is 0. The van der Waals surface area contributed by atoms with E-state index in [1.807, 2.05) is 6.20 Å². The highest BCUT2D eigenvalue weighted by atomic mass is 16.6. The quantitative estimate of drug-likeness (QED) is 0.610. The minimum atomic E-state index is -0.899. The second-order valence-corrected chi connectivity index (χ2v) is 6.53. The van der Waals surface area contributed by atoms with Crippen LogP contribution in [0.4, 0.5) is 4.79 Å². The Labute approximate surface area is 148 Å². The van der Waals surface area contributed by atoms with Gasteiger partial charge in [0.1, 0.15) is 5.65 Å². The van der Waals surface area contributed by atoms with E-state index >= 15 is 0 Å². The normalized spacial score (nSPS) is 14.2. The largest absolute Gasteiger partial charge is 0.411 e. The smallest absolute Gasteiger partial charge is 0.391 e. The van der Waals surface area contributed by atoms with Gasteiger partial charge in [-0.15, -0.1) is 0 Å². The molecule has 8 heteroatoms. The molecule has 26 heavy (non-hydrogen) atoms. The van der Waals surface area contributed by atoms with E-state index in [-0.39, 0.29) is 5.88 Å². The van der Waals surface area contributed by atoms with Crippen molar-refractivity contribution < 1.29 is 9.53 Å². The molecule has 130 valence electrons. The molecule has 0 bridgehead atoms. The molecular formula is C18H16N6O2. The first-order valence-corrected chi connectivity index (χ1v) is 8.43. The molecule has 1 saturated carbocycles. The Morgan fingerprint density at radius 2 is 2.12 bits per heavy atom. The monoisotopic (exact) mass is 348 g/mol. The number of rotatable bonds is 4. The number of hydrogen-bond donors (Lipinski definition) is 1. The Morgan fingerprint density at radius 3 is 2.92 bits per heavy atom. The fourth-order valence-corrected chi connectivity index (χ4v) is 3.19. The van der Waals surface area contributed by atoms with E-state index in [2.05, 4.69) is 37.8 Å². The third-order valence-corrected chi connectivity index (χ3v) is 4.54. The van der Waals surface area contributed by atoms with E-state index in [9.17, 15) is 4.79 Å². The molecule has 0 aliphatic heterocycles. The number of aromatic nitrogens is 5. The highest BCUT2D eigenvalue weighted by Crippen LogP contribution is 2.39. The van der Waals surface area contributed by atoms with E-state index in [1.54, 1.807) is 16.9 Å². The zero-order chi connectivity index (χ0) is 17.7. The minimum Gasteiger partial charge on any atom is -0.391 e. The SMILES string of the molecule is NC(=O)Oc1nccc2nn(Cc3cn4cc(C5CC5)ccc4n3)cc12. The molecule has 0 radical (unpaired) electrons. The van der Waals surface area contributed by atoms with Crippen molar-refractivity contribution in [3.05, 3.63) is 54.2 Å². The maximum absolute atomic E-state index is 11.0. The molecule has 0 aromatic carbocycles. The van der Waals surface area contributed by atoms with Gasteiger partial charge in [0.15, 0.2) is 0 Å². The predicted octanol–water partition coefficient (Wildman–Crippen LogP) is 2.46. The van der Waals surface area contributed by atoms with E-state index in [1.165, 1.54) is 24.6 Å². The van der Waals surface area contributed by atoms with Gasteiger partial charge < -0.3 is 14.9 Å². The molecule has 2 N–H and O–H groups in total. The van der Waals surface area contributed by atoms with Gasteiger partial charge in [-0.3, -0.25) is 4.68 Å². The van der Waals surface area contributed by atoms with Crippen molar-refractivity contribution >= 4 is 22.6 Å². The number of ether oxygens (including phenoxy) is 1. The molecular weight excluding hydrogens is 332 g/mol. The van der Waals surface area contributed by atoms with Gasteiger partial charge in [-0.25, -0.2) is 14.8 Å². The van der Waals surface area contributed by atoms with E-state index in [4.69, 9.17) is 10.5 Å². The molecule has 0 spiro atoms. The zero-order valence-electron chi connectivity index (χ0n) is 13.9. The van der Waals surface area contributed by atoms with Crippen molar-refractivity contribution in [1.82, 2.24) is 24.1 Å². The second kappa shape index (κ2) is 5.55. The number of hydrogen-bond acceptors (Lipinski definition) is 5. The van der Waals surface area contributed by atoms with Gasteiger partial charge in [-0.1, -0.05) is 6.07 Å². The first-order chi connectivity index (χ1) is 12.7. The van der Waals surface area contributed by atoms with Crippen LogP contribution in [0.25, 0.3) is 16.6 Å². The van der Waals surface area contributed by atoms with Crippen LogP contribution in [0, 0.1) is 0 Å². The zero-order valence-corrected chi connectivity index (χ0v) is 13.9.